The third kappa shape index (κ3) is 5.56. The van der Waals surface area contributed by atoms with Gasteiger partial charge in [-0.15, -0.1) is 5.10 Å². The molecule has 152 valence electrons. The van der Waals surface area contributed by atoms with Crippen LogP contribution in [0.1, 0.15) is 6.92 Å². The molecular weight excluding hydrogens is 437 g/mol. The number of anilines is 1. The van der Waals surface area contributed by atoms with Crippen molar-refractivity contribution < 1.29 is 19.1 Å². The van der Waals surface area contributed by atoms with E-state index in [-0.39, 0.29) is 18.3 Å². The second-order valence-corrected chi connectivity index (χ2v) is 7.52. The molecule has 0 saturated carbocycles. The molecule has 0 aliphatic carbocycles. The Bertz CT molecular complexity index is 938. The number of amides is 2. The lowest BCUT2D eigenvalue weighted by molar-refractivity contribution is -0.123. The molecule has 1 saturated heterocycles. The number of ether oxygens (including phenoxy) is 2. The number of hydrazone groups is 1. The molecule has 1 aliphatic rings. The third-order valence-corrected chi connectivity index (χ3v) is 5.15. The van der Waals surface area contributed by atoms with Crippen molar-refractivity contribution in [1.29, 1.82) is 0 Å². The van der Waals surface area contributed by atoms with Crippen LogP contribution in [0.15, 0.2) is 47.6 Å². The number of hydrogen-bond acceptors (Lipinski definition) is 6. The molecule has 10 heteroatoms. The Hall–Kier alpha value is -2.42. The molecular formula is C19H17Cl2N3O4S. The Balaban J connectivity index is 1.62. The van der Waals surface area contributed by atoms with Gasteiger partial charge in [-0.25, -0.2) is 5.43 Å². The molecule has 0 atom stereocenters. The highest BCUT2D eigenvalue weighted by atomic mass is 35.5. The minimum atomic E-state index is -0.491. The van der Waals surface area contributed by atoms with Gasteiger partial charge < -0.3 is 9.47 Å². The van der Waals surface area contributed by atoms with Crippen LogP contribution in [-0.2, 0) is 9.59 Å². The summed E-state index contributed by atoms with van der Waals surface area (Å²) in [5.41, 5.74) is 3.03. The van der Waals surface area contributed by atoms with Gasteiger partial charge in [-0.3, -0.25) is 14.5 Å². The lowest BCUT2D eigenvalue weighted by atomic mass is 10.3. The van der Waals surface area contributed by atoms with E-state index >= 15 is 0 Å². The van der Waals surface area contributed by atoms with Crippen LogP contribution in [-0.4, -0.2) is 35.9 Å². The van der Waals surface area contributed by atoms with E-state index < -0.39 is 5.91 Å². The highest BCUT2D eigenvalue weighted by Gasteiger charge is 2.30. The van der Waals surface area contributed by atoms with Crippen LogP contribution in [0.2, 0.25) is 10.0 Å². The Morgan fingerprint density at radius 1 is 1.21 bits per heavy atom. The predicted octanol–water partition coefficient (Wildman–Crippen LogP) is 3.94. The fraction of sp³-hybridized carbons (Fsp3) is 0.211. The number of nitrogens with one attached hydrogen (secondary N) is 1. The fourth-order valence-corrected chi connectivity index (χ4v) is 3.73. The smallest absolute Gasteiger partial charge is 0.278 e. The first-order chi connectivity index (χ1) is 14.0. The second-order valence-electron chi connectivity index (χ2n) is 5.74. The molecule has 7 nitrogen and oxygen atoms in total. The molecule has 0 bridgehead atoms. The molecule has 1 aliphatic heterocycles. The summed E-state index contributed by atoms with van der Waals surface area (Å²) in [4.78, 5) is 25.7. The van der Waals surface area contributed by atoms with Crippen molar-refractivity contribution in [2.75, 3.05) is 23.9 Å². The average Bonchev–Trinajstić information content (AvgIpc) is 3.07. The van der Waals surface area contributed by atoms with Crippen molar-refractivity contribution in [2.45, 2.75) is 6.92 Å². The number of hydrogen-bond donors (Lipinski definition) is 1. The molecule has 29 heavy (non-hydrogen) atoms. The van der Waals surface area contributed by atoms with Gasteiger partial charge in [-0.05, 0) is 49.4 Å². The minimum Gasteiger partial charge on any atom is -0.494 e. The summed E-state index contributed by atoms with van der Waals surface area (Å²) in [6, 6.07) is 11.8. The van der Waals surface area contributed by atoms with E-state index in [1.165, 1.54) is 22.7 Å². The Labute approximate surface area is 181 Å². The van der Waals surface area contributed by atoms with E-state index in [2.05, 4.69) is 10.5 Å². The van der Waals surface area contributed by atoms with Crippen LogP contribution >= 0.6 is 35.0 Å². The van der Waals surface area contributed by atoms with E-state index in [9.17, 15) is 9.59 Å². The Kier molecular flexibility index (Phi) is 7.24. The summed E-state index contributed by atoms with van der Waals surface area (Å²) in [7, 11) is 0. The highest BCUT2D eigenvalue weighted by Crippen LogP contribution is 2.29. The molecule has 0 aromatic heterocycles. The summed E-state index contributed by atoms with van der Waals surface area (Å²) >= 11 is 13.1. The molecule has 1 heterocycles. The van der Waals surface area contributed by atoms with E-state index in [1.807, 2.05) is 6.92 Å². The van der Waals surface area contributed by atoms with E-state index in [1.54, 1.807) is 36.4 Å². The fourth-order valence-electron chi connectivity index (χ4n) is 2.43. The van der Waals surface area contributed by atoms with Gasteiger partial charge in [-0.1, -0.05) is 35.0 Å². The van der Waals surface area contributed by atoms with Gasteiger partial charge in [0.2, 0.25) is 5.91 Å². The number of carbonyl (C=O) groups is 2. The van der Waals surface area contributed by atoms with Gasteiger partial charge in [0.25, 0.3) is 5.91 Å². The highest BCUT2D eigenvalue weighted by molar-refractivity contribution is 8.15. The number of amidine groups is 1. The normalized spacial score (nSPS) is 14.9. The van der Waals surface area contributed by atoms with Crippen molar-refractivity contribution in [3.8, 4) is 11.5 Å². The van der Waals surface area contributed by atoms with Gasteiger partial charge in [-0.2, -0.15) is 0 Å². The lowest BCUT2D eigenvalue weighted by Gasteiger charge is -2.16. The van der Waals surface area contributed by atoms with Gasteiger partial charge >= 0.3 is 0 Å². The van der Waals surface area contributed by atoms with Crippen LogP contribution in [0.25, 0.3) is 0 Å². The maximum Gasteiger partial charge on any atom is 0.278 e. The predicted molar refractivity (Wildman–Crippen MR) is 115 cm³/mol. The van der Waals surface area contributed by atoms with E-state index in [0.29, 0.717) is 39.0 Å². The van der Waals surface area contributed by atoms with Crippen LogP contribution in [0.5, 0.6) is 11.5 Å². The first-order valence-corrected chi connectivity index (χ1v) is 10.3. The molecule has 2 amide bonds. The number of nitrogens with zero attached hydrogens (tertiary/aromatic N) is 2. The summed E-state index contributed by atoms with van der Waals surface area (Å²) < 4.78 is 10.8. The number of thioether (sulfide) groups is 1. The monoisotopic (exact) mass is 453 g/mol. The van der Waals surface area contributed by atoms with Crippen molar-refractivity contribution in [3.63, 3.8) is 0 Å². The first-order valence-electron chi connectivity index (χ1n) is 8.61. The summed E-state index contributed by atoms with van der Waals surface area (Å²) in [5.74, 6) is 0.658. The van der Waals surface area contributed by atoms with Crippen LogP contribution in [0.3, 0.4) is 0 Å². The SMILES string of the molecule is CCOc1ccc(N2C(=O)CS/C2=N/NC(=O)COc2ccc(Cl)cc2Cl)cc1. The van der Waals surface area contributed by atoms with Crippen molar-refractivity contribution in [3.05, 3.63) is 52.5 Å². The largest absolute Gasteiger partial charge is 0.494 e. The topological polar surface area (TPSA) is 80.2 Å². The van der Waals surface area contributed by atoms with E-state index in [4.69, 9.17) is 32.7 Å². The molecule has 0 spiro atoms. The lowest BCUT2D eigenvalue weighted by Crippen LogP contribution is -2.32. The molecule has 2 aromatic carbocycles. The van der Waals surface area contributed by atoms with Crippen molar-refractivity contribution in [1.82, 2.24) is 5.43 Å². The maximum absolute atomic E-state index is 12.2. The van der Waals surface area contributed by atoms with Gasteiger partial charge in [0, 0.05) is 5.02 Å². The second kappa shape index (κ2) is 9.87. The van der Waals surface area contributed by atoms with Gasteiger partial charge in [0.05, 0.1) is 23.1 Å². The molecule has 0 radical (unpaired) electrons. The van der Waals surface area contributed by atoms with Crippen LogP contribution in [0.4, 0.5) is 5.69 Å². The average molecular weight is 454 g/mol. The number of carbonyl (C=O) groups excluding carboxylic acids is 2. The van der Waals surface area contributed by atoms with Crippen molar-refractivity contribution in [2.24, 2.45) is 5.10 Å². The van der Waals surface area contributed by atoms with Crippen LogP contribution in [0, 0.1) is 0 Å². The third-order valence-electron chi connectivity index (χ3n) is 3.70. The molecule has 2 aromatic rings. The summed E-state index contributed by atoms with van der Waals surface area (Å²) in [6.45, 7) is 2.16. The molecule has 0 unspecified atom stereocenters. The number of rotatable bonds is 7. The maximum atomic E-state index is 12.2. The number of benzene rings is 2. The zero-order valence-corrected chi connectivity index (χ0v) is 17.7. The molecule has 1 N–H and O–H groups in total. The minimum absolute atomic E-state index is 0.128. The zero-order valence-electron chi connectivity index (χ0n) is 15.4. The Morgan fingerprint density at radius 3 is 2.66 bits per heavy atom. The van der Waals surface area contributed by atoms with Crippen molar-refractivity contribution >= 4 is 57.6 Å². The van der Waals surface area contributed by atoms with Gasteiger partial charge in [0.1, 0.15) is 11.5 Å². The van der Waals surface area contributed by atoms with Crippen LogP contribution < -0.4 is 19.8 Å². The number of halogens is 2. The quantitative estimate of drug-likeness (QED) is 0.642. The summed E-state index contributed by atoms with van der Waals surface area (Å²) in [6.07, 6.45) is 0. The standard InChI is InChI=1S/C19H17Cl2N3O4S/c1-2-27-14-6-4-13(5-7-14)24-18(26)11-29-19(24)23-22-17(25)10-28-16-8-3-12(20)9-15(16)21/h3-9H,2,10-11H2,1H3,(H,22,25)/b23-19+. The molecule has 3 rings (SSSR count). The molecule has 1 fully saturated rings. The summed E-state index contributed by atoms with van der Waals surface area (Å²) in [5, 5.41) is 5.20. The zero-order chi connectivity index (χ0) is 20.8. The Morgan fingerprint density at radius 2 is 1.97 bits per heavy atom. The van der Waals surface area contributed by atoms with E-state index in [0.717, 1.165) is 0 Å². The first kappa shape index (κ1) is 21.3. The van der Waals surface area contributed by atoms with Gasteiger partial charge in [0.15, 0.2) is 11.8 Å².